The zero-order valence-corrected chi connectivity index (χ0v) is 11.9. The Morgan fingerprint density at radius 3 is 2.71 bits per heavy atom. The van der Waals surface area contributed by atoms with Crippen molar-refractivity contribution < 1.29 is 4.79 Å². The van der Waals surface area contributed by atoms with E-state index in [2.05, 4.69) is 10.6 Å². The van der Waals surface area contributed by atoms with E-state index in [1.165, 1.54) is 36.5 Å². The van der Waals surface area contributed by atoms with Gasteiger partial charge in [-0.15, -0.1) is 0 Å². The number of thioether (sulfide) groups is 2. The number of carbonyl (C=O) groups excluding carboxylic acids is 1. The lowest BCUT2D eigenvalue weighted by Crippen LogP contribution is -2.45. The molecule has 1 saturated heterocycles. The number of hydrogen-bond donors (Lipinski definition) is 2. The molecule has 1 aliphatic carbocycles. The van der Waals surface area contributed by atoms with Gasteiger partial charge < -0.3 is 10.6 Å². The summed E-state index contributed by atoms with van der Waals surface area (Å²) < 4.78 is 0. The molecule has 5 heteroatoms. The zero-order valence-electron chi connectivity index (χ0n) is 10.2. The predicted molar refractivity (Wildman–Crippen MR) is 77.0 cm³/mol. The molecule has 1 saturated carbocycles. The minimum absolute atomic E-state index is 0.0353. The van der Waals surface area contributed by atoms with Crippen molar-refractivity contribution in [3.05, 3.63) is 0 Å². The average molecular weight is 274 g/mol. The van der Waals surface area contributed by atoms with Gasteiger partial charge in [0.05, 0.1) is 0 Å². The van der Waals surface area contributed by atoms with E-state index in [-0.39, 0.29) is 6.03 Å². The predicted octanol–water partition coefficient (Wildman–Crippen LogP) is 2.47. The summed E-state index contributed by atoms with van der Waals surface area (Å²) in [4.78, 5) is 11.7. The van der Waals surface area contributed by atoms with Gasteiger partial charge in [-0.3, -0.25) is 0 Å². The molecule has 1 aliphatic heterocycles. The fourth-order valence-electron chi connectivity index (χ4n) is 2.34. The lowest BCUT2D eigenvalue weighted by molar-refractivity contribution is 0.233. The summed E-state index contributed by atoms with van der Waals surface area (Å²) in [6.07, 6.45) is 6.17. The van der Waals surface area contributed by atoms with Crippen LogP contribution in [0, 0.1) is 0 Å². The molecular weight excluding hydrogens is 252 g/mol. The number of rotatable bonds is 3. The quantitative estimate of drug-likeness (QED) is 0.830. The highest BCUT2D eigenvalue weighted by Gasteiger charge is 2.18. The average Bonchev–Trinajstić information content (AvgIpc) is 2.39. The van der Waals surface area contributed by atoms with Crippen LogP contribution in [0.15, 0.2) is 0 Å². The number of nitrogens with one attached hydrogen (secondary N) is 2. The molecule has 0 bridgehead atoms. The molecule has 2 aliphatic rings. The van der Waals surface area contributed by atoms with Crippen LogP contribution >= 0.6 is 23.5 Å². The number of hydrogen-bond acceptors (Lipinski definition) is 3. The topological polar surface area (TPSA) is 41.1 Å². The van der Waals surface area contributed by atoms with Crippen molar-refractivity contribution in [3.63, 3.8) is 0 Å². The van der Waals surface area contributed by atoms with Gasteiger partial charge >= 0.3 is 6.03 Å². The van der Waals surface area contributed by atoms with Gasteiger partial charge in [0.1, 0.15) is 0 Å². The molecule has 0 aromatic heterocycles. The van der Waals surface area contributed by atoms with E-state index < -0.39 is 0 Å². The summed E-state index contributed by atoms with van der Waals surface area (Å²) in [5, 5.41) is 6.71. The van der Waals surface area contributed by atoms with Crippen molar-refractivity contribution in [3.8, 4) is 0 Å². The maximum Gasteiger partial charge on any atom is 0.315 e. The standard InChI is InChI=1S/C12H22N2OS2/c15-12(14-10-4-2-1-3-5-10)13-8-11-9-16-6-7-17-11/h10-11H,1-9H2,(H2,13,14,15). The van der Waals surface area contributed by atoms with E-state index in [0.29, 0.717) is 11.3 Å². The Labute approximate surface area is 112 Å². The fraction of sp³-hybridized carbons (Fsp3) is 0.917. The van der Waals surface area contributed by atoms with Crippen LogP contribution in [0.4, 0.5) is 4.79 Å². The molecule has 2 N–H and O–H groups in total. The van der Waals surface area contributed by atoms with Gasteiger partial charge in [-0.05, 0) is 12.8 Å². The van der Waals surface area contributed by atoms with Crippen LogP contribution < -0.4 is 10.6 Å². The van der Waals surface area contributed by atoms with Crippen LogP contribution in [0.2, 0.25) is 0 Å². The Hall–Kier alpha value is -0.0300. The number of amides is 2. The van der Waals surface area contributed by atoms with Crippen molar-refractivity contribution >= 4 is 29.6 Å². The van der Waals surface area contributed by atoms with E-state index in [9.17, 15) is 4.79 Å². The van der Waals surface area contributed by atoms with Gasteiger partial charge in [-0.25, -0.2) is 4.79 Å². The summed E-state index contributed by atoms with van der Waals surface area (Å²) >= 11 is 3.99. The molecule has 0 aromatic rings. The first-order valence-electron chi connectivity index (χ1n) is 6.58. The monoisotopic (exact) mass is 274 g/mol. The second-order valence-corrected chi connectivity index (χ2v) is 7.32. The first kappa shape index (κ1) is 13.4. The molecule has 1 heterocycles. The van der Waals surface area contributed by atoms with Crippen molar-refractivity contribution in [1.82, 2.24) is 10.6 Å². The summed E-state index contributed by atoms with van der Waals surface area (Å²) in [5.41, 5.74) is 0. The molecule has 0 radical (unpaired) electrons. The van der Waals surface area contributed by atoms with Crippen molar-refractivity contribution in [2.75, 3.05) is 23.8 Å². The molecule has 98 valence electrons. The van der Waals surface area contributed by atoms with Crippen LogP contribution in [-0.2, 0) is 0 Å². The molecule has 2 fully saturated rings. The molecule has 0 aromatic carbocycles. The Bertz CT molecular complexity index is 239. The van der Waals surface area contributed by atoms with Gasteiger partial charge in [-0.1, -0.05) is 19.3 Å². The largest absolute Gasteiger partial charge is 0.337 e. The first-order chi connectivity index (χ1) is 8.34. The smallest absolute Gasteiger partial charge is 0.315 e. The van der Waals surface area contributed by atoms with E-state index >= 15 is 0 Å². The molecule has 3 nitrogen and oxygen atoms in total. The van der Waals surface area contributed by atoms with E-state index in [1.54, 1.807) is 0 Å². The Morgan fingerprint density at radius 2 is 2.00 bits per heavy atom. The summed E-state index contributed by atoms with van der Waals surface area (Å²) in [7, 11) is 0. The third kappa shape index (κ3) is 5.00. The van der Waals surface area contributed by atoms with Crippen LogP contribution in [0.25, 0.3) is 0 Å². The third-order valence-corrected chi connectivity index (χ3v) is 6.16. The summed E-state index contributed by atoms with van der Waals surface area (Å²) in [6.45, 7) is 0.816. The second kappa shape index (κ2) is 7.41. The Morgan fingerprint density at radius 1 is 1.18 bits per heavy atom. The minimum atomic E-state index is 0.0353. The second-order valence-electron chi connectivity index (χ2n) is 4.76. The van der Waals surface area contributed by atoms with Crippen molar-refractivity contribution in [2.24, 2.45) is 0 Å². The first-order valence-corrected chi connectivity index (χ1v) is 8.78. The highest BCUT2D eigenvalue weighted by molar-refractivity contribution is 8.06. The van der Waals surface area contributed by atoms with Gasteiger partial charge in [0, 0.05) is 35.1 Å². The van der Waals surface area contributed by atoms with Gasteiger partial charge in [0.2, 0.25) is 0 Å². The van der Waals surface area contributed by atoms with Gasteiger partial charge in [0.25, 0.3) is 0 Å². The lowest BCUT2D eigenvalue weighted by Gasteiger charge is -2.24. The number of carbonyl (C=O) groups is 1. The van der Waals surface area contributed by atoms with E-state index in [1.807, 2.05) is 23.5 Å². The summed E-state index contributed by atoms with van der Waals surface area (Å²) in [6, 6.07) is 0.449. The highest BCUT2D eigenvalue weighted by atomic mass is 32.2. The third-order valence-electron chi connectivity index (χ3n) is 3.32. The zero-order chi connectivity index (χ0) is 11.9. The number of urea groups is 1. The van der Waals surface area contributed by atoms with Gasteiger partial charge in [0.15, 0.2) is 0 Å². The van der Waals surface area contributed by atoms with E-state index in [0.717, 1.165) is 19.4 Å². The maximum atomic E-state index is 11.7. The Kier molecular flexibility index (Phi) is 5.85. The fourth-order valence-corrected chi connectivity index (χ4v) is 4.96. The van der Waals surface area contributed by atoms with Crippen LogP contribution in [0.5, 0.6) is 0 Å². The SMILES string of the molecule is O=C(NCC1CSCCS1)NC1CCCCC1. The summed E-state index contributed by atoms with van der Waals surface area (Å²) in [5.74, 6) is 3.66. The molecule has 2 rings (SSSR count). The highest BCUT2D eigenvalue weighted by Crippen LogP contribution is 2.23. The van der Waals surface area contributed by atoms with Crippen LogP contribution in [0.3, 0.4) is 0 Å². The molecule has 0 spiro atoms. The van der Waals surface area contributed by atoms with Crippen molar-refractivity contribution in [1.29, 1.82) is 0 Å². The van der Waals surface area contributed by atoms with Crippen molar-refractivity contribution in [2.45, 2.75) is 43.4 Å². The minimum Gasteiger partial charge on any atom is -0.337 e. The molecular formula is C12H22N2OS2. The van der Waals surface area contributed by atoms with Crippen LogP contribution in [-0.4, -0.2) is 41.1 Å². The van der Waals surface area contributed by atoms with Crippen LogP contribution in [0.1, 0.15) is 32.1 Å². The normalized spacial score (nSPS) is 26.5. The van der Waals surface area contributed by atoms with E-state index in [4.69, 9.17) is 0 Å². The molecule has 17 heavy (non-hydrogen) atoms. The van der Waals surface area contributed by atoms with Gasteiger partial charge in [-0.2, -0.15) is 23.5 Å². The maximum absolute atomic E-state index is 11.7. The molecule has 2 amide bonds. The molecule has 1 unspecified atom stereocenters. The Balaban J connectivity index is 1.59. The molecule has 1 atom stereocenters. The lowest BCUT2D eigenvalue weighted by atomic mass is 9.96.